The van der Waals surface area contributed by atoms with Crippen LogP contribution in [0.3, 0.4) is 0 Å². The first-order chi connectivity index (χ1) is 5.97. The molecule has 0 amide bonds. The molecule has 4 heteroatoms. The Morgan fingerprint density at radius 1 is 1.38 bits per heavy atom. The lowest BCUT2D eigenvalue weighted by Crippen LogP contribution is -1.87. The van der Waals surface area contributed by atoms with Crippen molar-refractivity contribution in [1.29, 1.82) is 0 Å². The summed E-state index contributed by atoms with van der Waals surface area (Å²) in [6.07, 6.45) is 2.56. The summed E-state index contributed by atoms with van der Waals surface area (Å²) in [5.74, 6) is 0.121. The van der Waals surface area contributed by atoms with Gasteiger partial charge >= 0.3 is 0 Å². The Morgan fingerprint density at radius 3 is 2.62 bits per heavy atom. The smallest absolute Gasteiger partial charge is 0.168 e. The van der Waals surface area contributed by atoms with E-state index in [-0.39, 0.29) is 5.75 Å². The predicted molar refractivity (Wildman–Crippen MR) is 52.0 cm³/mol. The van der Waals surface area contributed by atoms with E-state index in [2.05, 4.69) is 0 Å². The van der Waals surface area contributed by atoms with Gasteiger partial charge in [0.1, 0.15) is 5.75 Å². The Balaban J connectivity index is 2.93. The highest BCUT2D eigenvalue weighted by atomic mass is 32.2. The second-order valence-corrected chi connectivity index (χ2v) is 4.66. The van der Waals surface area contributed by atoms with E-state index in [1.807, 2.05) is 0 Å². The zero-order chi connectivity index (χ0) is 9.90. The molecule has 0 fully saturated rings. The van der Waals surface area contributed by atoms with E-state index >= 15 is 0 Å². The molecule has 0 radical (unpaired) electrons. The molecule has 0 aliphatic carbocycles. The maximum Gasteiger partial charge on any atom is 0.168 e. The van der Waals surface area contributed by atoms with Gasteiger partial charge in [-0.15, -0.1) is 0 Å². The SMILES string of the molecule is CS(=O)(=O)/C=C/c1cccc(O)c1. The number of aromatic hydroxyl groups is 1. The van der Waals surface area contributed by atoms with Gasteiger partial charge in [0.2, 0.25) is 0 Å². The zero-order valence-electron chi connectivity index (χ0n) is 7.14. The molecule has 0 saturated heterocycles. The lowest BCUT2D eigenvalue weighted by molar-refractivity contribution is 0.475. The van der Waals surface area contributed by atoms with E-state index in [4.69, 9.17) is 5.11 Å². The second-order valence-electron chi connectivity index (χ2n) is 2.73. The fourth-order valence-corrected chi connectivity index (χ4v) is 1.23. The normalized spacial score (nSPS) is 12.1. The molecule has 0 saturated carbocycles. The van der Waals surface area contributed by atoms with Gasteiger partial charge in [-0.05, 0) is 23.8 Å². The van der Waals surface area contributed by atoms with Crippen molar-refractivity contribution in [3.63, 3.8) is 0 Å². The molecule has 1 N–H and O–H groups in total. The Morgan fingerprint density at radius 2 is 2.08 bits per heavy atom. The van der Waals surface area contributed by atoms with Gasteiger partial charge in [0.25, 0.3) is 0 Å². The third-order valence-electron chi connectivity index (χ3n) is 1.38. The molecule has 1 aromatic rings. The van der Waals surface area contributed by atoms with E-state index in [0.717, 1.165) is 11.7 Å². The highest BCUT2D eigenvalue weighted by molar-refractivity contribution is 7.93. The highest BCUT2D eigenvalue weighted by Crippen LogP contribution is 2.12. The summed E-state index contributed by atoms with van der Waals surface area (Å²) in [6, 6.07) is 6.37. The Kier molecular flexibility index (Phi) is 2.72. The van der Waals surface area contributed by atoms with Crippen LogP contribution >= 0.6 is 0 Å². The summed E-state index contributed by atoms with van der Waals surface area (Å²) in [7, 11) is -3.10. The average molecular weight is 198 g/mol. The number of sulfone groups is 1. The number of phenolic OH excluding ortho intramolecular Hbond substituents is 1. The van der Waals surface area contributed by atoms with Gasteiger partial charge in [-0.25, -0.2) is 8.42 Å². The number of benzene rings is 1. The number of hydrogen-bond donors (Lipinski definition) is 1. The van der Waals surface area contributed by atoms with Crippen molar-refractivity contribution in [2.75, 3.05) is 6.26 Å². The number of rotatable bonds is 2. The minimum absolute atomic E-state index is 0.121. The first-order valence-corrected chi connectivity index (χ1v) is 5.60. The van der Waals surface area contributed by atoms with Gasteiger partial charge < -0.3 is 5.11 Å². The fraction of sp³-hybridized carbons (Fsp3) is 0.111. The Hall–Kier alpha value is -1.29. The molecule has 0 aliphatic rings. The van der Waals surface area contributed by atoms with Crippen molar-refractivity contribution in [1.82, 2.24) is 0 Å². The summed E-state index contributed by atoms with van der Waals surface area (Å²) >= 11 is 0. The standard InChI is InChI=1S/C9H10O3S/c1-13(11,12)6-5-8-3-2-4-9(10)7-8/h2-7,10H,1H3/b6-5+. The molecule has 0 bridgehead atoms. The van der Waals surface area contributed by atoms with E-state index in [9.17, 15) is 8.42 Å². The van der Waals surface area contributed by atoms with Crippen LogP contribution in [0.15, 0.2) is 29.7 Å². The van der Waals surface area contributed by atoms with Crippen LogP contribution in [0.4, 0.5) is 0 Å². The molecule has 0 aromatic heterocycles. The zero-order valence-corrected chi connectivity index (χ0v) is 7.95. The molecule has 0 unspecified atom stereocenters. The molecule has 13 heavy (non-hydrogen) atoms. The molecule has 1 aromatic carbocycles. The van der Waals surface area contributed by atoms with Crippen molar-refractivity contribution in [3.05, 3.63) is 35.2 Å². The van der Waals surface area contributed by atoms with Crippen molar-refractivity contribution in [2.45, 2.75) is 0 Å². The molecular formula is C9H10O3S. The van der Waals surface area contributed by atoms with Gasteiger partial charge in [0.15, 0.2) is 9.84 Å². The number of phenols is 1. The van der Waals surface area contributed by atoms with Crippen molar-refractivity contribution < 1.29 is 13.5 Å². The molecule has 0 atom stereocenters. The van der Waals surface area contributed by atoms with Crippen LogP contribution in [0.2, 0.25) is 0 Å². The van der Waals surface area contributed by atoms with Crippen molar-refractivity contribution >= 4 is 15.9 Å². The summed E-state index contributed by atoms with van der Waals surface area (Å²) in [4.78, 5) is 0. The third-order valence-corrected chi connectivity index (χ3v) is 2.01. The van der Waals surface area contributed by atoms with Crippen LogP contribution in [-0.4, -0.2) is 19.8 Å². The molecule has 0 spiro atoms. The monoisotopic (exact) mass is 198 g/mol. The van der Waals surface area contributed by atoms with Crippen LogP contribution in [-0.2, 0) is 9.84 Å². The first kappa shape index (κ1) is 9.80. The van der Waals surface area contributed by atoms with Crippen molar-refractivity contribution in [2.24, 2.45) is 0 Å². The van der Waals surface area contributed by atoms with Gasteiger partial charge in [-0.3, -0.25) is 0 Å². The fourth-order valence-electron chi connectivity index (χ4n) is 0.831. The molecular weight excluding hydrogens is 188 g/mol. The lowest BCUT2D eigenvalue weighted by Gasteiger charge is -1.93. The molecule has 3 nitrogen and oxygen atoms in total. The van der Waals surface area contributed by atoms with E-state index in [1.165, 1.54) is 18.2 Å². The Bertz CT molecular complexity index is 418. The minimum atomic E-state index is -3.10. The van der Waals surface area contributed by atoms with E-state index < -0.39 is 9.84 Å². The molecule has 70 valence electrons. The predicted octanol–water partition coefficient (Wildman–Crippen LogP) is 1.41. The van der Waals surface area contributed by atoms with Gasteiger partial charge in [0, 0.05) is 11.7 Å². The largest absolute Gasteiger partial charge is 0.508 e. The molecule has 0 heterocycles. The van der Waals surface area contributed by atoms with E-state index in [0.29, 0.717) is 5.56 Å². The maximum atomic E-state index is 10.7. The second kappa shape index (κ2) is 3.62. The van der Waals surface area contributed by atoms with Crippen LogP contribution in [0.1, 0.15) is 5.56 Å². The molecule has 1 rings (SSSR count). The van der Waals surface area contributed by atoms with Crippen LogP contribution in [0, 0.1) is 0 Å². The van der Waals surface area contributed by atoms with Crippen molar-refractivity contribution in [3.8, 4) is 5.75 Å². The first-order valence-electron chi connectivity index (χ1n) is 3.64. The van der Waals surface area contributed by atoms with Gasteiger partial charge in [0.05, 0.1) is 0 Å². The third kappa shape index (κ3) is 3.75. The quantitative estimate of drug-likeness (QED) is 0.781. The average Bonchev–Trinajstić information content (AvgIpc) is 2.00. The minimum Gasteiger partial charge on any atom is -0.508 e. The molecule has 0 aliphatic heterocycles. The van der Waals surface area contributed by atoms with Crippen LogP contribution < -0.4 is 0 Å². The summed E-state index contributed by atoms with van der Waals surface area (Å²) in [6.45, 7) is 0. The summed E-state index contributed by atoms with van der Waals surface area (Å²) in [5, 5.41) is 10.2. The topological polar surface area (TPSA) is 54.4 Å². The highest BCUT2D eigenvalue weighted by Gasteiger charge is 1.94. The summed E-state index contributed by atoms with van der Waals surface area (Å²) < 4.78 is 21.5. The summed E-state index contributed by atoms with van der Waals surface area (Å²) in [5.41, 5.74) is 0.658. The maximum absolute atomic E-state index is 10.7. The van der Waals surface area contributed by atoms with E-state index in [1.54, 1.807) is 12.1 Å². The lowest BCUT2D eigenvalue weighted by atomic mass is 10.2. The number of hydrogen-bond acceptors (Lipinski definition) is 3. The van der Waals surface area contributed by atoms with Crippen LogP contribution in [0.5, 0.6) is 5.75 Å². The van der Waals surface area contributed by atoms with Gasteiger partial charge in [-0.2, -0.15) is 0 Å². The van der Waals surface area contributed by atoms with Gasteiger partial charge in [-0.1, -0.05) is 12.1 Å². The Labute approximate surface area is 77.3 Å². The van der Waals surface area contributed by atoms with Crippen LogP contribution in [0.25, 0.3) is 6.08 Å².